The average Bonchev–Trinajstić information content (AvgIpc) is 2.97. The molecule has 1 aromatic carbocycles. The van der Waals surface area contributed by atoms with Crippen molar-refractivity contribution in [3.63, 3.8) is 0 Å². The first-order valence-corrected chi connectivity index (χ1v) is 8.67. The predicted octanol–water partition coefficient (Wildman–Crippen LogP) is 3.99. The lowest BCUT2D eigenvalue weighted by molar-refractivity contribution is -0.119. The third-order valence-electron chi connectivity index (χ3n) is 5.23. The van der Waals surface area contributed by atoms with E-state index in [0.29, 0.717) is 6.42 Å². The molecule has 1 atom stereocenters. The van der Waals surface area contributed by atoms with Crippen LogP contribution in [-0.2, 0) is 10.2 Å². The number of anilines is 1. The number of nitrogens with one attached hydrogen (secondary N) is 1. The molecule has 4 rings (SSSR count). The first-order chi connectivity index (χ1) is 13.2. The first-order valence-electron chi connectivity index (χ1n) is 8.67. The van der Waals surface area contributed by atoms with Crippen molar-refractivity contribution in [3.05, 3.63) is 71.9 Å². The van der Waals surface area contributed by atoms with Crippen LogP contribution in [0.15, 0.2) is 48.8 Å². The highest BCUT2D eigenvalue weighted by Gasteiger charge is 2.69. The molecule has 1 N–H and O–H groups in total. The minimum absolute atomic E-state index is 0.101. The fraction of sp³-hybridized carbons (Fsp3) is 0.250. The van der Waals surface area contributed by atoms with Gasteiger partial charge in [0.15, 0.2) is 5.82 Å². The molecule has 1 amide bonds. The Morgan fingerprint density at radius 3 is 2.43 bits per heavy atom. The van der Waals surface area contributed by atoms with Gasteiger partial charge >= 0.3 is 0 Å². The number of nitrogens with zero attached hydrogens (tertiary/aromatic N) is 3. The lowest BCUT2D eigenvalue weighted by Gasteiger charge is -2.19. The van der Waals surface area contributed by atoms with Crippen molar-refractivity contribution in [1.82, 2.24) is 14.8 Å². The zero-order valence-electron chi connectivity index (χ0n) is 15.2. The Balaban J connectivity index is 1.62. The molecular formula is C20H17F3N4O. The molecule has 1 unspecified atom stereocenters. The topological polar surface area (TPSA) is 59.8 Å². The van der Waals surface area contributed by atoms with Crippen molar-refractivity contribution in [2.75, 3.05) is 5.32 Å². The quantitative estimate of drug-likeness (QED) is 0.738. The van der Waals surface area contributed by atoms with E-state index in [9.17, 15) is 18.0 Å². The Bertz CT molecular complexity index is 1060. The molecular weight excluding hydrogens is 369 g/mol. The lowest BCUT2D eigenvalue weighted by atomic mass is 9.90. The van der Waals surface area contributed by atoms with Crippen molar-refractivity contribution >= 4 is 11.7 Å². The number of halogens is 3. The summed E-state index contributed by atoms with van der Waals surface area (Å²) in [7, 11) is 0. The van der Waals surface area contributed by atoms with E-state index in [4.69, 9.17) is 0 Å². The van der Waals surface area contributed by atoms with Gasteiger partial charge in [0.2, 0.25) is 5.91 Å². The Labute approximate surface area is 159 Å². The van der Waals surface area contributed by atoms with E-state index < -0.39 is 34.2 Å². The highest BCUT2D eigenvalue weighted by Crippen LogP contribution is 2.64. The molecule has 1 saturated carbocycles. The Kier molecular flexibility index (Phi) is 4.02. The number of carbonyl (C=O) groups is 1. The maximum absolute atomic E-state index is 14.3. The summed E-state index contributed by atoms with van der Waals surface area (Å²) in [6.45, 7) is 3.74. The number of benzene rings is 1. The van der Waals surface area contributed by atoms with Crippen molar-refractivity contribution in [2.45, 2.75) is 25.7 Å². The Hall–Kier alpha value is -3.16. The van der Waals surface area contributed by atoms with Crippen LogP contribution in [0.5, 0.6) is 0 Å². The van der Waals surface area contributed by atoms with E-state index in [-0.39, 0.29) is 17.2 Å². The number of pyridine rings is 1. The van der Waals surface area contributed by atoms with E-state index in [2.05, 4.69) is 15.4 Å². The number of amides is 1. The van der Waals surface area contributed by atoms with Crippen LogP contribution in [0.2, 0.25) is 0 Å². The minimum Gasteiger partial charge on any atom is -0.308 e. The zero-order chi connectivity index (χ0) is 20.1. The summed E-state index contributed by atoms with van der Waals surface area (Å²) < 4.78 is 42.4. The predicted molar refractivity (Wildman–Crippen MR) is 96.4 cm³/mol. The third-order valence-corrected chi connectivity index (χ3v) is 5.23. The van der Waals surface area contributed by atoms with Gasteiger partial charge in [-0.25, -0.2) is 17.9 Å². The summed E-state index contributed by atoms with van der Waals surface area (Å²) in [5.74, 6) is -2.25. The van der Waals surface area contributed by atoms with Gasteiger partial charge in [0, 0.05) is 24.5 Å². The van der Waals surface area contributed by atoms with Crippen molar-refractivity contribution in [2.24, 2.45) is 5.41 Å². The summed E-state index contributed by atoms with van der Waals surface area (Å²) in [6, 6.07) is 7.25. The number of carbonyl (C=O) groups excluding carboxylic acids is 1. The second kappa shape index (κ2) is 6.19. The van der Waals surface area contributed by atoms with Crippen molar-refractivity contribution in [1.29, 1.82) is 0 Å². The van der Waals surface area contributed by atoms with Gasteiger partial charge in [-0.15, -0.1) is 0 Å². The van der Waals surface area contributed by atoms with Gasteiger partial charge in [-0.2, -0.15) is 5.10 Å². The van der Waals surface area contributed by atoms with E-state index in [1.54, 1.807) is 0 Å². The molecule has 3 aromatic rings. The van der Waals surface area contributed by atoms with Gasteiger partial charge in [-0.3, -0.25) is 9.78 Å². The fourth-order valence-corrected chi connectivity index (χ4v) is 3.65. The number of aromatic nitrogens is 3. The molecule has 2 heterocycles. The normalized spacial score (nSPS) is 20.0. The molecule has 0 spiro atoms. The monoisotopic (exact) mass is 386 g/mol. The molecule has 0 aliphatic heterocycles. The lowest BCUT2D eigenvalue weighted by Crippen LogP contribution is -2.34. The van der Waals surface area contributed by atoms with Crippen molar-refractivity contribution < 1.29 is 18.0 Å². The summed E-state index contributed by atoms with van der Waals surface area (Å²) in [4.78, 5) is 17.1. The summed E-state index contributed by atoms with van der Waals surface area (Å²) >= 11 is 0. The van der Waals surface area contributed by atoms with E-state index >= 15 is 0 Å². The van der Waals surface area contributed by atoms with Crippen LogP contribution in [0.1, 0.15) is 26.0 Å². The van der Waals surface area contributed by atoms with Gasteiger partial charge in [-0.05, 0) is 36.1 Å². The molecule has 1 aliphatic carbocycles. The minimum atomic E-state index is -1.10. The highest BCUT2D eigenvalue weighted by atomic mass is 19.1. The fourth-order valence-electron chi connectivity index (χ4n) is 3.65. The molecule has 28 heavy (non-hydrogen) atoms. The van der Waals surface area contributed by atoms with Gasteiger partial charge in [0.05, 0.1) is 11.4 Å². The summed E-state index contributed by atoms with van der Waals surface area (Å²) in [5, 5.41) is 6.83. The molecule has 5 nitrogen and oxygen atoms in total. The van der Waals surface area contributed by atoms with Crippen LogP contribution >= 0.6 is 0 Å². The molecule has 0 radical (unpaired) electrons. The number of rotatable bonds is 4. The maximum Gasteiger partial charge on any atom is 0.238 e. The molecule has 1 aliphatic rings. The number of hydrogen-bond donors (Lipinski definition) is 1. The Morgan fingerprint density at radius 1 is 1.14 bits per heavy atom. The molecule has 2 aromatic heterocycles. The SMILES string of the molecule is CC1(C)CC1(C(=O)Nc1ccn(-c2cc(F)cc(F)c2)n1)c1ncccc1F. The third kappa shape index (κ3) is 2.85. The standard InChI is InChI=1S/C20H17F3N4O/c1-19(2)11-20(19,17-15(23)4-3-6-24-17)18(28)25-16-5-7-27(26-16)14-9-12(21)8-13(22)10-14/h3-10H,11H2,1-2H3,(H,25,26,28). The second-order valence-electron chi connectivity index (χ2n) is 7.53. The summed E-state index contributed by atoms with van der Waals surface area (Å²) in [6.07, 6.45) is 3.36. The largest absolute Gasteiger partial charge is 0.308 e. The first kappa shape index (κ1) is 18.2. The van der Waals surface area contributed by atoms with Gasteiger partial charge in [0.25, 0.3) is 0 Å². The Morgan fingerprint density at radius 2 is 1.82 bits per heavy atom. The van der Waals surface area contributed by atoms with Gasteiger partial charge in [0.1, 0.15) is 22.9 Å². The zero-order valence-corrected chi connectivity index (χ0v) is 15.2. The van der Waals surface area contributed by atoms with Crippen LogP contribution in [0, 0.1) is 22.9 Å². The number of hydrogen-bond acceptors (Lipinski definition) is 3. The summed E-state index contributed by atoms with van der Waals surface area (Å²) in [5.41, 5.74) is -1.30. The van der Waals surface area contributed by atoms with Gasteiger partial charge in [-0.1, -0.05) is 13.8 Å². The van der Waals surface area contributed by atoms with E-state index in [1.165, 1.54) is 35.3 Å². The molecule has 1 fully saturated rings. The molecule has 8 heteroatoms. The van der Waals surface area contributed by atoms with Crippen LogP contribution in [0.4, 0.5) is 19.0 Å². The van der Waals surface area contributed by atoms with Crippen LogP contribution in [-0.4, -0.2) is 20.7 Å². The molecule has 0 bridgehead atoms. The average molecular weight is 386 g/mol. The smallest absolute Gasteiger partial charge is 0.238 e. The van der Waals surface area contributed by atoms with E-state index in [0.717, 1.165) is 18.2 Å². The highest BCUT2D eigenvalue weighted by molar-refractivity contribution is 6.01. The van der Waals surface area contributed by atoms with Crippen LogP contribution in [0.25, 0.3) is 5.69 Å². The maximum atomic E-state index is 14.3. The van der Waals surface area contributed by atoms with Crippen molar-refractivity contribution in [3.8, 4) is 5.69 Å². The van der Waals surface area contributed by atoms with Crippen LogP contribution in [0.3, 0.4) is 0 Å². The molecule has 144 valence electrons. The second-order valence-corrected chi connectivity index (χ2v) is 7.53. The van der Waals surface area contributed by atoms with Gasteiger partial charge < -0.3 is 5.32 Å². The van der Waals surface area contributed by atoms with Crippen LogP contribution < -0.4 is 5.32 Å². The molecule has 0 saturated heterocycles. The van der Waals surface area contributed by atoms with E-state index in [1.807, 2.05) is 13.8 Å².